The summed E-state index contributed by atoms with van der Waals surface area (Å²) >= 11 is 12.1. The summed E-state index contributed by atoms with van der Waals surface area (Å²) in [6.07, 6.45) is 1.56. The number of carbonyl (C=O) groups is 1. The number of carbonyl (C=O) groups excluding carboxylic acids is 1. The van der Waals surface area contributed by atoms with Crippen LogP contribution in [0.4, 0.5) is 5.69 Å². The van der Waals surface area contributed by atoms with Gasteiger partial charge in [0.05, 0.1) is 10.7 Å². The van der Waals surface area contributed by atoms with Gasteiger partial charge in [-0.05, 0) is 40.6 Å². The lowest BCUT2D eigenvalue weighted by Gasteiger charge is -2.14. The fourth-order valence-corrected chi connectivity index (χ4v) is 2.76. The Morgan fingerprint density at radius 1 is 1.12 bits per heavy atom. The van der Waals surface area contributed by atoms with Crippen molar-refractivity contribution in [2.24, 2.45) is 5.73 Å². The predicted molar refractivity (Wildman–Crippen MR) is 96.6 cm³/mol. The van der Waals surface area contributed by atoms with Crippen molar-refractivity contribution < 1.29 is 4.79 Å². The van der Waals surface area contributed by atoms with E-state index in [9.17, 15) is 9.59 Å². The summed E-state index contributed by atoms with van der Waals surface area (Å²) in [5, 5.41) is 4.96. The van der Waals surface area contributed by atoms with Crippen molar-refractivity contribution in [1.82, 2.24) is 4.98 Å². The van der Waals surface area contributed by atoms with E-state index in [4.69, 9.17) is 28.9 Å². The zero-order chi connectivity index (χ0) is 17.3. The number of amides is 1. The van der Waals surface area contributed by atoms with Gasteiger partial charge in [-0.25, -0.2) is 0 Å². The molecule has 1 heterocycles. The summed E-state index contributed by atoms with van der Waals surface area (Å²) < 4.78 is 0. The van der Waals surface area contributed by atoms with Crippen molar-refractivity contribution in [2.75, 3.05) is 5.32 Å². The Labute approximate surface area is 147 Å². The Bertz CT molecular complexity index is 985. The molecule has 3 aromatic rings. The lowest BCUT2D eigenvalue weighted by Crippen LogP contribution is -2.27. The standard InChI is InChI=1S/C17H13Cl2N3O2/c18-12-3-1-2-9(4-12)16(20)17(24)22-14-6-10-7-15(23)21-8-11(10)5-13(14)19/h1-8,16H,20H2,(H,21,23)(H,22,24). The Hall–Kier alpha value is -2.34. The third-order valence-corrected chi connectivity index (χ3v) is 4.13. The molecule has 0 saturated heterocycles. The van der Waals surface area contributed by atoms with Gasteiger partial charge in [0.15, 0.2) is 0 Å². The first-order valence-corrected chi connectivity index (χ1v) is 7.83. The Kier molecular flexibility index (Phi) is 4.57. The van der Waals surface area contributed by atoms with Crippen LogP contribution in [0.3, 0.4) is 0 Å². The highest BCUT2D eigenvalue weighted by Crippen LogP contribution is 2.28. The SMILES string of the molecule is NC(C(=O)Nc1cc2cc(=O)[nH]cc2cc1Cl)c1cccc(Cl)c1. The highest BCUT2D eigenvalue weighted by Gasteiger charge is 2.17. The van der Waals surface area contributed by atoms with Crippen LogP contribution in [-0.2, 0) is 4.79 Å². The lowest BCUT2D eigenvalue weighted by atomic mass is 10.1. The van der Waals surface area contributed by atoms with Crippen molar-refractivity contribution >= 4 is 45.6 Å². The van der Waals surface area contributed by atoms with Crippen LogP contribution in [0.5, 0.6) is 0 Å². The molecule has 0 aliphatic heterocycles. The molecule has 4 N–H and O–H groups in total. The van der Waals surface area contributed by atoms with E-state index >= 15 is 0 Å². The first kappa shape index (κ1) is 16.5. The summed E-state index contributed by atoms with van der Waals surface area (Å²) in [6, 6.07) is 10.6. The molecule has 1 atom stereocenters. The van der Waals surface area contributed by atoms with E-state index in [0.717, 1.165) is 5.39 Å². The zero-order valence-electron chi connectivity index (χ0n) is 12.3. The largest absolute Gasteiger partial charge is 0.328 e. The van der Waals surface area contributed by atoms with E-state index in [0.29, 0.717) is 26.7 Å². The van der Waals surface area contributed by atoms with Gasteiger partial charge in [0, 0.05) is 17.3 Å². The highest BCUT2D eigenvalue weighted by molar-refractivity contribution is 6.34. The van der Waals surface area contributed by atoms with Crippen LogP contribution in [-0.4, -0.2) is 10.9 Å². The lowest BCUT2D eigenvalue weighted by molar-refractivity contribution is -0.117. The number of aromatic amines is 1. The smallest absolute Gasteiger partial charge is 0.248 e. The second kappa shape index (κ2) is 6.65. The number of H-pyrrole nitrogens is 1. The van der Waals surface area contributed by atoms with Crippen molar-refractivity contribution in [3.05, 3.63) is 74.6 Å². The second-order valence-corrected chi connectivity index (χ2v) is 6.12. The number of rotatable bonds is 3. The quantitative estimate of drug-likeness (QED) is 0.667. The number of hydrogen-bond donors (Lipinski definition) is 3. The normalized spacial score (nSPS) is 12.1. The van der Waals surface area contributed by atoms with Gasteiger partial charge in [-0.2, -0.15) is 0 Å². The molecule has 0 spiro atoms. The molecular formula is C17H13Cl2N3O2. The summed E-state index contributed by atoms with van der Waals surface area (Å²) in [5.41, 5.74) is 6.71. The van der Waals surface area contributed by atoms with Gasteiger partial charge in [-0.1, -0.05) is 35.3 Å². The topological polar surface area (TPSA) is 88.0 Å². The van der Waals surface area contributed by atoms with Gasteiger partial charge in [-0.3, -0.25) is 9.59 Å². The zero-order valence-corrected chi connectivity index (χ0v) is 13.9. The summed E-state index contributed by atoms with van der Waals surface area (Å²) in [6.45, 7) is 0. The molecule has 5 nitrogen and oxygen atoms in total. The number of nitrogens with two attached hydrogens (primary N) is 1. The van der Waals surface area contributed by atoms with E-state index in [-0.39, 0.29) is 5.56 Å². The summed E-state index contributed by atoms with van der Waals surface area (Å²) in [4.78, 5) is 26.4. The van der Waals surface area contributed by atoms with Gasteiger partial charge in [0.1, 0.15) is 6.04 Å². The van der Waals surface area contributed by atoms with Crippen molar-refractivity contribution in [3.63, 3.8) is 0 Å². The molecule has 0 aliphatic rings. The molecule has 7 heteroatoms. The third kappa shape index (κ3) is 3.43. The maximum Gasteiger partial charge on any atom is 0.248 e. The maximum atomic E-state index is 12.4. The number of aromatic nitrogens is 1. The van der Waals surface area contributed by atoms with Crippen LogP contribution in [0.2, 0.25) is 10.0 Å². The van der Waals surface area contributed by atoms with Crippen molar-refractivity contribution in [3.8, 4) is 0 Å². The van der Waals surface area contributed by atoms with Crippen LogP contribution in [0.25, 0.3) is 10.8 Å². The van der Waals surface area contributed by atoms with Crippen LogP contribution in [0, 0.1) is 0 Å². The minimum absolute atomic E-state index is 0.238. The molecule has 24 heavy (non-hydrogen) atoms. The molecule has 2 aromatic carbocycles. The Balaban J connectivity index is 1.89. The average molecular weight is 362 g/mol. The minimum atomic E-state index is -0.894. The Morgan fingerprint density at radius 3 is 2.67 bits per heavy atom. The first-order chi connectivity index (χ1) is 11.4. The van der Waals surface area contributed by atoms with E-state index in [1.165, 1.54) is 6.07 Å². The van der Waals surface area contributed by atoms with Gasteiger partial charge in [0.2, 0.25) is 11.5 Å². The number of benzene rings is 2. The fraction of sp³-hybridized carbons (Fsp3) is 0.0588. The monoisotopic (exact) mass is 361 g/mol. The van der Waals surface area contributed by atoms with E-state index in [1.807, 2.05) is 0 Å². The molecule has 1 unspecified atom stereocenters. The van der Waals surface area contributed by atoms with Crippen LogP contribution >= 0.6 is 23.2 Å². The minimum Gasteiger partial charge on any atom is -0.328 e. The molecular weight excluding hydrogens is 349 g/mol. The number of anilines is 1. The van der Waals surface area contributed by atoms with Crippen LogP contribution in [0.1, 0.15) is 11.6 Å². The number of halogens is 2. The molecule has 122 valence electrons. The van der Waals surface area contributed by atoms with Crippen LogP contribution in [0.15, 0.2) is 53.5 Å². The summed E-state index contributed by atoms with van der Waals surface area (Å²) in [5.74, 6) is -0.427. The van der Waals surface area contributed by atoms with Gasteiger partial charge < -0.3 is 16.0 Å². The fourth-order valence-electron chi connectivity index (χ4n) is 2.34. The molecule has 0 saturated carbocycles. The molecule has 0 bridgehead atoms. The average Bonchev–Trinajstić information content (AvgIpc) is 2.55. The third-order valence-electron chi connectivity index (χ3n) is 3.58. The van der Waals surface area contributed by atoms with Crippen molar-refractivity contribution in [1.29, 1.82) is 0 Å². The molecule has 0 radical (unpaired) electrons. The van der Waals surface area contributed by atoms with Crippen molar-refractivity contribution in [2.45, 2.75) is 6.04 Å². The number of pyridine rings is 1. The van der Waals surface area contributed by atoms with E-state index in [2.05, 4.69) is 10.3 Å². The number of hydrogen-bond acceptors (Lipinski definition) is 3. The van der Waals surface area contributed by atoms with Gasteiger partial charge >= 0.3 is 0 Å². The number of fused-ring (bicyclic) bond motifs is 1. The first-order valence-electron chi connectivity index (χ1n) is 7.08. The second-order valence-electron chi connectivity index (χ2n) is 5.28. The molecule has 3 rings (SSSR count). The van der Waals surface area contributed by atoms with Crippen LogP contribution < -0.4 is 16.6 Å². The number of nitrogens with one attached hydrogen (secondary N) is 2. The molecule has 1 amide bonds. The van der Waals surface area contributed by atoms with Gasteiger partial charge in [0.25, 0.3) is 0 Å². The van der Waals surface area contributed by atoms with E-state index in [1.54, 1.807) is 42.6 Å². The molecule has 0 fully saturated rings. The molecule has 0 aliphatic carbocycles. The predicted octanol–water partition coefficient (Wildman–Crippen LogP) is 3.47. The summed E-state index contributed by atoms with van der Waals surface area (Å²) in [7, 11) is 0. The highest BCUT2D eigenvalue weighted by atomic mass is 35.5. The molecule has 1 aromatic heterocycles. The van der Waals surface area contributed by atoms with E-state index < -0.39 is 11.9 Å². The van der Waals surface area contributed by atoms with Gasteiger partial charge in [-0.15, -0.1) is 0 Å². The maximum absolute atomic E-state index is 12.4. The Morgan fingerprint density at radius 2 is 1.92 bits per heavy atom.